The van der Waals surface area contributed by atoms with Gasteiger partial charge in [0.2, 0.25) is 0 Å². The monoisotopic (exact) mass is 463 g/mol. The topological polar surface area (TPSA) is 127 Å². The fraction of sp³-hybridized carbons (Fsp3) is 0.250. The lowest BCUT2D eigenvalue weighted by atomic mass is 10.1. The second-order valence-corrected chi connectivity index (χ2v) is 9.17. The maximum Gasteiger partial charge on any atom is 0.274 e. The Labute approximate surface area is 183 Å². The second-order valence-electron chi connectivity index (χ2n) is 6.78. The number of aromatic nitrogens is 2. The van der Waals surface area contributed by atoms with Crippen LogP contribution < -0.4 is 15.2 Å². The highest BCUT2D eigenvalue weighted by Crippen LogP contribution is 2.29. The van der Waals surface area contributed by atoms with Crippen LogP contribution in [0.5, 0.6) is 0 Å². The number of hydrogen-bond donors (Lipinski definition) is 3. The highest BCUT2D eigenvalue weighted by atomic mass is 32.2. The summed E-state index contributed by atoms with van der Waals surface area (Å²) in [5.74, 6) is -0.781. The van der Waals surface area contributed by atoms with Gasteiger partial charge >= 0.3 is 0 Å². The minimum atomic E-state index is -3.73. The normalized spacial score (nSPS) is 12.5. The van der Waals surface area contributed by atoms with Gasteiger partial charge in [0.05, 0.1) is 6.04 Å². The number of nitrogens with two attached hydrogens (primary N) is 1. The maximum absolute atomic E-state index is 13.2. The zero-order valence-corrected chi connectivity index (χ0v) is 18.1. The lowest BCUT2D eigenvalue weighted by molar-refractivity contribution is 0.0934. The van der Waals surface area contributed by atoms with Crippen LogP contribution in [0.3, 0.4) is 0 Å². The van der Waals surface area contributed by atoms with E-state index in [1.165, 1.54) is 35.6 Å². The fourth-order valence-electron chi connectivity index (χ4n) is 2.86. The van der Waals surface area contributed by atoms with E-state index in [2.05, 4.69) is 20.2 Å². The van der Waals surface area contributed by atoms with Gasteiger partial charge in [-0.3, -0.25) is 4.79 Å². The molecule has 0 aliphatic rings. The molecule has 0 bridgehead atoms. The number of amides is 1. The van der Waals surface area contributed by atoms with Gasteiger partial charge < -0.3 is 5.32 Å². The molecule has 4 N–H and O–H groups in total. The Kier molecular flexibility index (Phi) is 7.80. The third-order valence-corrected chi connectivity index (χ3v) is 6.09. The minimum absolute atomic E-state index is 0.197. The van der Waals surface area contributed by atoms with E-state index in [1.807, 2.05) is 30.3 Å². The minimum Gasteiger partial charge on any atom is -0.343 e. The van der Waals surface area contributed by atoms with Gasteiger partial charge in [-0.15, -0.1) is 10.2 Å². The van der Waals surface area contributed by atoms with Crippen molar-refractivity contribution in [2.75, 3.05) is 6.54 Å². The van der Waals surface area contributed by atoms with Gasteiger partial charge in [0.15, 0.2) is 0 Å². The molecule has 3 aromatic rings. The first-order valence-electron chi connectivity index (χ1n) is 9.54. The number of hydrogen-bond acceptors (Lipinski definition) is 6. The van der Waals surface area contributed by atoms with E-state index < -0.39 is 22.1 Å². The number of nitrogens with zero attached hydrogens (tertiary/aromatic N) is 2. The van der Waals surface area contributed by atoms with E-state index in [0.717, 1.165) is 10.6 Å². The van der Waals surface area contributed by atoms with Crippen molar-refractivity contribution in [3.8, 4) is 10.6 Å². The summed E-state index contributed by atoms with van der Waals surface area (Å²) < 4.78 is 37.4. The van der Waals surface area contributed by atoms with Crippen molar-refractivity contribution in [2.45, 2.75) is 25.3 Å². The zero-order valence-electron chi connectivity index (χ0n) is 16.5. The Morgan fingerprint density at radius 1 is 1.06 bits per heavy atom. The number of carbonyl (C=O) groups is 1. The fourth-order valence-corrected chi connectivity index (χ4v) is 4.22. The summed E-state index contributed by atoms with van der Waals surface area (Å²) in [5.41, 5.74) is 1.25. The van der Waals surface area contributed by atoms with E-state index in [0.29, 0.717) is 29.8 Å². The van der Waals surface area contributed by atoms with Crippen molar-refractivity contribution in [1.82, 2.24) is 20.2 Å². The molecule has 0 spiro atoms. The van der Waals surface area contributed by atoms with Crippen LogP contribution in [0.1, 0.15) is 40.7 Å². The van der Waals surface area contributed by atoms with Crippen LogP contribution in [0.4, 0.5) is 4.39 Å². The molecule has 1 amide bonds. The van der Waals surface area contributed by atoms with Gasteiger partial charge in [-0.05, 0) is 43.5 Å². The number of unbranched alkanes of at least 4 members (excludes halogenated alkanes) is 1. The number of rotatable bonds is 10. The first-order chi connectivity index (χ1) is 14.8. The van der Waals surface area contributed by atoms with Gasteiger partial charge in [0.25, 0.3) is 16.1 Å². The average molecular weight is 464 g/mol. The molecule has 0 aliphatic carbocycles. The standard InChI is InChI=1S/C20H22FN5O3S2/c21-16-11-9-14(10-12-16)18(27)24-17(8-4-5-13-23-31(22,28)29)20-26-25-19(30-20)15-6-2-1-3-7-15/h1-3,6-7,9-12,17,23H,4-5,8,13H2,(H,24,27)(H2,22,28,29)/t17-/m0/s1. The Balaban J connectivity index is 1.71. The van der Waals surface area contributed by atoms with E-state index in [4.69, 9.17) is 5.14 Å². The molecule has 2 aromatic carbocycles. The highest BCUT2D eigenvalue weighted by Gasteiger charge is 2.20. The predicted molar refractivity (Wildman–Crippen MR) is 117 cm³/mol. The lowest BCUT2D eigenvalue weighted by Gasteiger charge is -2.16. The van der Waals surface area contributed by atoms with Gasteiger partial charge in [-0.2, -0.15) is 8.42 Å². The van der Waals surface area contributed by atoms with E-state index >= 15 is 0 Å². The number of halogens is 1. The largest absolute Gasteiger partial charge is 0.343 e. The van der Waals surface area contributed by atoms with Gasteiger partial charge in [-0.25, -0.2) is 14.3 Å². The molecule has 164 valence electrons. The number of nitrogens with one attached hydrogen (secondary N) is 2. The molecular formula is C20H22FN5O3S2. The molecule has 0 fully saturated rings. The molecule has 8 nitrogen and oxygen atoms in total. The van der Waals surface area contributed by atoms with E-state index in [1.54, 1.807) is 0 Å². The Hall–Kier alpha value is -2.73. The van der Waals surface area contributed by atoms with Crippen molar-refractivity contribution in [1.29, 1.82) is 0 Å². The third kappa shape index (κ3) is 7.17. The zero-order chi connectivity index (χ0) is 22.3. The summed E-state index contributed by atoms with van der Waals surface area (Å²) in [5, 5.41) is 17.7. The summed E-state index contributed by atoms with van der Waals surface area (Å²) in [6.45, 7) is 0.197. The molecular weight excluding hydrogens is 441 g/mol. The second kappa shape index (κ2) is 10.5. The summed E-state index contributed by atoms with van der Waals surface area (Å²) in [6, 6.07) is 14.4. The van der Waals surface area contributed by atoms with Crippen molar-refractivity contribution in [2.24, 2.45) is 5.14 Å². The maximum atomic E-state index is 13.2. The number of carbonyl (C=O) groups excluding carboxylic acids is 1. The molecule has 0 unspecified atom stereocenters. The molecule has 1 heterocycles. The van der Waals surface area contributed by atoms with Gasteiger partial charge in [0.1, 0.15) is 15.8 Å². The van der Waals surface area contributed by atoms with Crippen LogP contribution in [0.15, 0.2) is 54.6 Å². The highest BCUT2D eigenvalue weighted by molar-refractivity contribution is 7.87. The smallest absolute Gasteiger partial charge is 0.274 e. The molecule has 0 saturated heterocycles. The van der Waals surface area contributed by atoms with Crippen LogP contribution in [-0.2, 0) is 10.2 Å². The first kappa shape index (κ1) is 22.9. The van der Waals surface area contributed by atoms with Crippen molar-refractivity contribution >= 4 is 27.5 Å². The van der Waals surface area contributed by atoms with Gasteiger partial charge in [-0.1, -0.05) is 41.7 Å². The molecule has 31 heavy (non-hydrogen) atoms. The van der Waals surface area contributed by atoms with Crippen LogP contribution >= 0.6 is 11.3 Å². The molecule has 1 atom stereocenters. The van der Waals surface area contributed by atoms with Crippen molar-refractivity contribution in [3.63, 3.8) is 0 Å². The number of benzene rings is 2. The molecule has 1 aromatic heterocycles. The van der Waals surface area contributed by atoms with E-state index in [-0.39, 0.29) is 12.5 Å². The summed E-state index contributed by atoms with van der Waals surface area (Å²) in [7, 11) is -3.73. The Bertz CT molecular complexity index is 1110. The molecule has 0 saturated carbocycles. The first-order valence-corrected chi connectivity index (χ1v) is 11.9. The Morgan fingerprint density at radius 2 is 1.77 bits per heavy atom. The quantitative estimate of drug-likeness (QED) is 0.399. The van der Waals surface area contributed by atoms with Crippen LogP contribution in [0.2, 0.25) is 0 Å². The van der Waals surface area contributed by atoms with Crippen LogP contribution in [0.25, 0.3) is 10.6 Å². The summed E-state index contributed by atoms with van der Waals surface area (Å²) in [4.78, 5) is 12.7. The SMILES string of the molecule is NS(=O)(=O)NCCCC[C@H](NC(=O)c1ccc(F)cc1)c1nnc(-c2ccccc2)s1. The van der Waals surface area contributed by atoms with E-state index in [9.17, 15) is 17.6 Å². The van der Waals surface area contributed by atoms with Crippen molar-refractivity contribution in [3.05, 3.63) is 71.0 Å². The summed E-state index contributed by atoms with van der Waals surface area (Å²) in [6.07, 6.45) is 1.66. The molecule has 0 radical (unpaired) electrons. The van der Waals surface area contributed by atoms with Crippen molar-refractivity contribution < 1.29 is 17.6 Å². The Morgan fingerprint density at radius 3 is 2.45 bits per heavy atom. The van der Waals surface area contributed by atoms with Crippen LogP contribution in [0, 0.1) is 5.82 Å². The average Bonchev–Trinajstić information content (AvgIpc) is 3.23. The molecule has 0 aliphatic heterocycles. The lowest BCUT2D eigenvalue weighted by Crippen LogP contribution is -2.32. The third-order valence-electron chi connectivity index (χ3n) is 4.39. The predicted octanol–water partition coefficient (Wildman–Crippen LogP) is 2.78. The molecule has 3 rings (SSSR count). The summed E-state index contributed by atoms with van der Waals surface area (Å²) >= 11 is 1.37. The molecule has 11 heteroatoms. The van der Waals surface area contributed by atoms with Crippen LogP contribution in [-0.4, -0.2) is 31.1 Å². The van der Waals surface area contributed by atoms with Gasteiger partial charge in [0, 0.05) is 17.7 Å².